The Balaban J connectivity index is 2.35. The number of benzene rings is 2. The van der Waals surface area contributed by atoms with E-state index in [9.17, 15) is 4.79 Å². The summed E-state index contributed by atoms with van der Waals surface area (Å²) in [4.78, 5) is 12.6. The van der Waals surface area contributed by atoms with Gasteiger partial charge >= 0.3 is 195 Å². The molecular formula is C28H40O2Sn. The summed E-state index contributed by atoms with van der Waals surface area (Å²) in [6, 6.07) is 19.9. The number of hydrogen-bond acceptors (Lipinski definition) is 2. The predicted molar refractivity (Wildman–Crippen MR) is 136 cm³/mol. The molecule has 0 saturated carbocycles. The zero-order valence-electron chi connectivity index (χ0n) is 19.7. The zero-order chi connectivity index (χ0) is 22.4. The van der Waals surface area contributed by atoms with E-state index < -0.39 is 18.4 Å². The normalized spacial score (nSPS) is 12.0. The summed E-state index contributed by atoms with van der Waals surface area (Å²) in [6.45, 7) is 7.28. The van der Waals surface area contributed by atoms with Crippen molar-refractivity contribution < 1.29 is 9.53 Å². The summed E-state index contributed by atoms with van der Waals surface area (Å²) in [5.41, 5.74) is 3.05. The topological polar surface area (TPSA) is 26.3 Å². The van der Waals surface area contributed by atoms with E-state index in [2.05, 4.69) is 55.2 Å². The molecule has 0 N–H and O–H groups in total. The van der Waals surface area contributed by atoms with Crippen molar-refractivity contribution in [3.63, 3.8) is 0 Å². The van der Waals surface area contributed by atoms with E-state index in [-0.39, 0.29) is 5.97 Å². The SMILES string of the molecule is CCC[CH2][Sn](/[CH]=C(/COC(=O)c1ccccc1)c1ccccc1)([CH2]CCC)[CH2]CCC. The molecule has 0 aliphatic carbocycles. The molecule has 2 rings (SSSR count). The van der Waals surface area contributed by atoms with Crippen molar-refractivity contribution >= 4 is 29.9 Å². The van der Waals surface area contributed by atoms with Crippen LogP contribution in [0.3, 0.4) is 0 Å². The molecule has 0 fully saturated rings. The third-order valence-electron chi connectivity index (χ3n) is 6.08. The average Bonchev–Trinajstić information content (AvgIpc) is 2.83. The summed E-state index contributed by atoms with van der Waals surface area (Å²) < 4.78 is 12.7. The summed E-state index contributed by atoms with van der Waals surface area (Å²) in [6.07, 6.45) is 7.75. The maximum absolute atomic E-state index is 12.6. The summed E-state index contributed by atoms with van der Waals surface area (Å²) >= 11 is -2.52. The van der Waals surface area contributed by atoms with E-state index in [1.807, 2.05) is 30.3 Å². The third kappa shape index (κ3) is 8.84. The van der Waals surface area contributed by atoms with Crippen LogP contribution >= 0.6 is 0 Å². The minimum absolute atomic E-state index is 0.237. The number of rotatable bonds is 14. The second kappa shape index (κ2) is 14.5. The first-order valence-electron chi connectivity index (χ1n) is 12.1. The summed E-state index contributed by atoms with van der Waals surface area (Å²) in [7, 11) is 0. The number of unbranched alkanes of at least 4 members (excludes halogenated alkanes) is 3. The monoisotopic (exact) mass is 528 g/mol. The van der Waals surface area contributed by atoms with Crippen molar-refractivity contribution in [3.05, 3.63) is 75.9 Å². The molecule has 0 spiro atoms. The van der Waals surface area contributed by atoms with Crippen LogP contribution in [-0.2, 0) is 4.74 Å². The van der Waals surface area contributed by atoms with Gasteiger partial charge in [0.2, 0.25) is 0 Å². The van der Waals surface area contributed by atoms with Crippen LogP contribution in [0.4, 0.5) is 0 Å². The number of ether oxygens (including phenoxy) is 1. The summed E-state index contributed by atoms with van der Waals surface area (Å²) in [5.74, 6) is -0.237. The zero-order valence-corrected chi connectivity index (χ0v) is 22.6. The van der Waals surface area contributed by atoms with Crippen LogP contribution in [0.15, 0.2) is 64.8 Å². The molecule has 3 heteroatoms. The number of esters is 1. The van der Waals surface area contributed by atoms with Gasteiger partial charge in [-0.25, -0.2) is 0 Å². The van der Waals surface area contributed by atoms with Gasteiger partial charge in [-0.15, -0.1) is 0 Å². The molecule has 2 aromatic rings. The fourth-order valence-corrected chi connectivity index (χ4v) is 19.5. The third-order valence-corrected chi connectivity index (χ3v) is 20.4. The van der Waals surface area contributed by atoms with Gasteiger partial charge in [-0.05, 0) is 0 Å². The van der Waals surface area contributed by atoms with Crippen molar-refractivity contribution in [1.82, 2.24) is 0 Å². The summed E-state index contributed by atoms with van der Waals surface area (Å²) in [5, 5.41) is 0. The Bertz CT molecular complexity index is 761. The quantitative estimate of drug-likeness (QED) is 0.183. The first-order valence-corrected chi connectivity index (χ1v) is 19.8. The van der Waals surface area contributed by atoms with E-state index in [1.165, 1.54) is 63.0 Å². The van der Waals surface area contributed by atoms with Crippen LogP contribution in [0.25, 0.3) is 5.57 Å². The second-order valence-electron chi connectivity index (χ2n) is 8.65. The number of hydrogen-bond donors (Lipinski definition) is 0. The van der Waals surface area contributed by atoms with E-state index in [1.54, 1.807) is 0 Å². The molecule has 0 bridgehead atoms. The van der Waals surface area contributed by atoms with Gasteiger partial charge in [-0.2, -0.15) is 0 Å². The van der Waals surface area contributed by atoms with Gasteiger partial charge < -0.3 is 0 Å². The van der Waals surface area contributed by atoms with E-state index in [0.717, 1.165) is 0 Å². The van der Waals surface area contributed by atoms with Gasteiger partial charge in [0.05, 0.1) is 0 Å². The molecule has 2 nitrogen and oxygen atoms in total. The van der Waals surface area contributed by atoms with Crippen LogP contribution in [0, 0.1) is 0 Å². The molecule has 0 aliphatic rings. The van der Waals surface area contributed by atoms with Crippen LogP contribution in [0.2, 0.25) is 13.3 Å². The van der Waals surface area contributed by atoms with Crippen molar-refractivity contribution in [1.29, 1.82) is 0 Å². The van der Waals surface area contributed by atoms with E-state index in [4.69, 9.17) is 4.74 Å². The Morgan fingerprint density at radius 1 is 0.742 bits per heavy atom. The molecule has 0 heterocycles. The fraction of sp³-hybridized carbons (Fsp3) is 0.464. The molecule has 31 heavy (non-hydrogen) atoms. The Labute approximate surface area is 194 Å². The van der Waals surface area contributed by atoms with Crippen LogP contribution < -0.4 is 0 Å². The molecule has 2 aromatic carbocycles. The molecule has 0 atom stereocenters. The first kappa shape index (κ1) is 25.7. The maximum atomic E-state index is 12.6. The van der Waals surface area contributed by atoms with Crippen molar-refractivity contribution in [3.8, 4) is 0 Å². The molecule has 0 unspecified atom stereocenters. The molecule has 168 valence electrons. The van der Waals surface area contributed by atoms with Crippen LogP contribution in [-0.4, -0.2) is 31.0 Å². The Morgan fingerprint density at radius 3 is 1.65 bits per heavy atom. The van der Waals surface area contributed by atoms with Gasteiger partial charge in [0, 0.05) is 0 Å². The van der Waals surface area contributed by atoms with Gasteiger partial charge in [0.1, 0.15) is 0 Å². The molecule has 0 saturated heterocycles. The van der Waals surface area contributed by atoms with Crippen molar-refractivity contribution in [2.24, 2.45) is 0 Å². The molecule has 0 amide bonds. The van der Waals surface area contributed by atoms with Gasteiger partial charge in [0.25, 0.3) is 0 Å². The van der Waals surface area contributed by atoms with Crippen LogP contribution in [0.1, 0.15) is 75.2 Å². The van der Waals surface area contributed by atoms with E-state index in [0.29, 0.717) is 12.2 Å². The molecular weight excluding hydrogens is 487 g/mol. The number of carbonyl (C=O) groups is 1. The second-order valence-corrected chi connectivity index (χ2v) is 21.5. The van der Waals surface area contributed by atoms with Gasteiger partial charge in [-0.1, -0.05) is 0 Å². The molecule has 0 aliphatic heterocycles. The minimum atomic E-state index is -2.52. The van der Waals surface area contributed by atoms with Gasteiger partial charge in [0.15, 0.2) is 0 Å². The molecule has 0 aromatic heterocycles. The number of carbonyl (C=O) groups excluding carboxylic acids is 1. The molecule has 0 radical (unpaired) electrons. The Hall–Kier alpha value is -1.55. The van der Waals surface area contributed by atoms with Crippen molar-refractivity contribution in [2.45, 2.75) is 72.6 Å². The Morgan fingerprint density at radius 2 is 1.19 bits per heavy atom. The van der Waals surface area contributed by atoms with E-state index >= 15 is 0 Å². The van der Waals surface area contributed by atoms with Crippen molar-refractivity contribution in [2.75, 3.05) is 6.61 Å². The average molecular weight is 527 g/mol. The first-order chi connectivity index (χ1) is 15.1. The van der Waals surface area contributed by atoms with Crippen LogP contribution in [0.5, 0.6) is 0 Å². The predicted octanol–water partition coefficient (Wildman–Crippen LogP) is 8.32. The van der Waals surface area contributed by atoms with Gasteiger partial charge in [-0.3, -0.25) is 0 Å². The standard InChI is InChI=1S/C16H13O2.3C4H9.Sn/c1-13(14-8-4-2-5-9-14)12-18-16(17)15-10-6-3-7-11-15;3*1-3-4-2;/h1-11H,12H2;3*1,3-4H2,2H3;. The fourth-order valence-electron chi connectivity index (χ4n) is 4.21. The Kier molecular flexibility index (Phi) is 12.0.